The van der Waals surface area contributed by atoms with Crippen LogP contribution in [-0.2, 0) is 5.41 Å². The third-order valence-electron chi connectivity index (χ3n) is 2.95. The fraction of sp³-hybridized carbons (Fsp3) is 0.385. The molecule has 15 heavy (non-hydrogen) atoms. The summed E-state index contributed by atoms with van der Waals surface area (Å²) in [6, 6.07) is 8.47. The summed E-state index contributed by atoms with van der Waals surface area (Å²) in [5.74, 6) is 0. The van der Waals surface area contributed by atoms with Gasteiger partial charge in [-0.1, -0.05) is 32.0 Å². The number of aliphatic hydroxyl groups is 1. The van der Waals surface area contributed by atoms with E-state index in [0.717, 1.165) is 6.42 Å². The Morgan fingerprint density at radius 2 is 2.00 bits per heavy atom. The molecular weight excluding hydrogens is 204 g/mol. The molecule has 0 amide bonds. The van der Waals surface area contributed by atoms with Gasteiger partial charge in [0.05, 0.1) is 0 Å². The highest BCUT2D eigenvalue weighted by atomic mass is 32.1. The molecule has 1 aromatic heterocycles. The van der Waals surface area contributed by atoms with E-state index >= 15 is 0 Å². The lowest BCUT2D eigenvalue weighted by Crippen LogP contribution is -2.18. The highest BCUT2D eigenvalue weighted by Gasteiger charge is 2.22. The fourth-order valence-corrected chi connectivity index (χ4v) is 3.07. The summed E-state index contributed by atoms with van der Waals surface area (Å²) in [7, 11) is 0. The molecule has 1 nitrogen and oxygen atoms in total. The van der Waals surface area contributed by atoms with Crippen molar-refractivity contribution in [3.8, 4) is 0 Å². The van der Waals surface area contributed by atoms with E-state index in [4.69, 9.17) is 5.11 Å². The second kappa shape index (κ2) is 3.95. The van der Waals surface area contributed by atoms with Gasteiger partial charge >= 0.3 is 0 Å². The van der Waals surface area contributed by atoms with E-state index < -0.39 is 0 Å². The van der Waals surface area contributed by atoms with Gasteiger partial charge in [0, 0.05) is 11.3 Å². The molecule has 0 aliphatic carbocycles. The molecule has 0 aliphatic heterocycles. The largest absolute Gasteiger partial charge is 0.396 e. The summed E-state index contributed by atoms with van der Waals surface area (Å²) in [5.41, 5.74) is 1.42. The number of hydrogen-bond donors (Lipinski definition) is 1. The van der Waals surface area contributed by atoms with Gasteiger partial charge in [0.15, 0.2) is 0 Å². The van der Waals surface area contributed by atoms with Crippen LogP contribution < -0.4 is 0 Å². The number of rotatable bonds is 3. The molecule has 0 spiro atoms. The molecule has 0 bridgehead atoms. The smallest absolute Gasteiger partial charge is 0.0439 e. The Hall–Kier alpha value is -0.860. The third-order valence-corrected chi connectivity index (χ3v) is 3.91. The monoisotopic (exact) mass is 220 g/mol. The Labute approximate surface area is 94.4 Å². The van der Waals surface area contributed by atoms with Gasteiger partial charge < -0.3 is 5.11 Å². The number of hydrogen-bond acceptors (Lipinski definition) is 2. The number of benzene rings is 1. The van der Waals surface area contributed by atoms with Crippen molar-refractivity contribution in [2.75, 3.05) is 6.61 Å². The standard InChI is InChI=1S/C13H16OS/c1-13(2,7-8-14)11-9-15-12-6-4-3-5-10(11)12/h3-6,9,14H,7-8H2,1-2H3. The van der Waals surface area contributed by atoms with Crippen molar-refractivity contribution in [1.82, 2.24) is 0 Å². The molecule has 0 aliphatic rings. The van der Waals surface area contributed by atoms with Gasteiger partial charge in [0.1, 0.15) is 0 Å². The minimum absolute atomic E-state index is 0.0638. The van der Waals surface area contributed by atoms with E-state index in [1.807, 2.05) is 0 Å². The number of aliphatic hydroxyl groups excluding tert-OH is 1. The number of fused-ring (bicyclic) bond motifs is 1. The van der Waals surface area contributed by atoms with Crippen molar-refractivity contribution in [3.05, 3.63) is 35.2 Å². The van der Waals surface area contributed by atoms with E-state index in [9.17, 15) is 0 Å². The zero-order valence-corrected chi connectivity index (χ0v) is 9.97. The van der Waals surface area contributed by atoms with Crippen molar-refractivity contribution >= 4 is 21.4 Å². The Bertz CT molecular complexity index is 456. The minimum Gasteiger partial charge on any atom is -0.396 e. The molecule has 1 N–H and O–H groups in total. The van der Waals surface area contributed by atoms with Crippen LogP contribution in [0.4, 0.5) is 0 Å². The summed E-state index contributed by atoms with van der Waals surface area (Å²) in [5, 5.41) is 12.6. The molecule has 2 heteroatoms. The molecule has 0 radical (unpaired) electrons. The van der Waals surface area contributed by atoms with E-state index in [1.165, 1.54) is 15.6 Å². The fourth-order valence-electron chi connectivity index (χ4n) is 1.92. The molecule has 2 aromatic rings. The minimum atomic E-state index is 0.0638. The van der Waals surface area contributed by atoms with E-state index in [2.05, 4.69) is 43.5 Å². The third kappa shape index (κ3) is 1.92. The van der Waals surface area contributed by atoms with E-state index in [0.29, 0.717) is 0 Å². The van der Waals surface area contributed by atoms with Crippen molar-refractivity contribution in [2.45, 2.75) is 25.7 Å². The SMILES string of the molecule is CC(C)(CCO)c1csc2ccccc12. The molecule has 1 heterocycles. The normalized spacial score (nSPS) is 12.2. The summed E-state index contributed by atoms with van der Waals surface area (Å²) in [4.78, 5) is 0. The molecule has 0 saturated carbocycles. The maximum atomic E-state index is 9.08. The van der Waals surface area contributed by atoms with Crippen LogP contribution in [0.3, 0.4) is 0 Å². The Morgan fingerprint density at radius 3 is 2.73 bits per heavy atom. The second-order valence-electron chi connectivity index (χ2n) is 4.50. The van der Waals surface area contributed by atoms with Crippen LogP contribution in [0.5, 0.6) is 0 Å². The molecule has 0 atom stereocenters. The van der Waals surface area contributed by atoms with Crippen LogP contribution in [0.2, 0.25) is 0 Å². The Balaban J connectivity index is 2.52. The number of thiophene rings is 1. The average molecular weight is 220 g/mol. The summed E-state index contributed by atoms with van der Waals surface area (Å²) in [6.45, 7) is 4.63. The molecular formula is C13H16OS. The van der Waals surface area contributed by atoms with Crippen molar-refractivity contribution in [1.29, 1.82) is 0 Å². The van der Waals surface area contributed by atoms with Gasteiger partial charge in [-0.05, 0) is 34.2 Å². The van der Waals surface area contributed by atoms with Crippen LogP contribution in [0.15, 0.2) is 29.6 Å². The van der Waals surface area contributed by atoms with Crippen LogP contribution in [0.1, 0.15) is 25.8 Å². The zero-order chi connectivity index (χ0) is 10.9. The van der Waals surface area contributed by atoms with Crippen LogP contribution in [-0.4, -0.2) is 11.7 Å². The Morgan fingerprint density at radius 1 is 1.27 bits per heavy atom. The maximum absolute atomic E-state index is 9.08. The predicted molar refractivity (Wildman–Crippen MR) is 66.6 cm³/mol. The lowest BCUT2D eigenvalue weighted by atomic mass is 9.82. The lowest BCUT2D eigenvalue weighted by molar-refractivity contribution is 0.253. The van der Waals surface area contributed by atoms with E-state index in [-0.39, 0.29) is 12.0 Å². The van der Waals surface area contributed by atoms with Crippen LogP contribution in [0, 0.1) is 0 Å². The predicted octanol–water partition coefficient (Wildman–Crippen LogP) is 3.56. The molecule has 1 aromatic carbocycles. The van der Waals surface area contributed by atoms with Crippen LogP contribution >= 0.6 is 11.3 Å². The average Bonchev–Trinajstić information content (AvgIpc) is 2.61. The maximum Gasteiger partial charge on any atom is 0.0439 e. The van der Waals surface area contributed by atoms with Crippen molar-refractivity contribution in [3.63, 3.8) is 0 Å². The van der Waals surface area contributed by atoms with Gasteiger partial charge in [-0.2, -0.15) is 0 Å². The summed E-state index contributed by atoms with van der Waals surface area (Å²) < 4.78 is 1.33. The first kappa shape index (κ1) is 10.7. The highest BCUT2D eigenvalue weighted by Crippen LogP contribution is 2.36. The molecule has 0 fully saturated rings. The highest BCUT2D eigenvalue weighted by molar-refractivity contribution is 7.17. The quantitative estimate of drug-likeness (QED) is 0.838. The second-order valence-corrected chi connectivity index (χ2v) is 5.41. The molecule has 0 saturated heterocycles. The van der Waals surface area contributed by atoms with Gasteiger partial charge in [-0.25, -0.2) is 0 Å². The molecule has 2 rings (SSSR count). The van der Waals surface area contributed by atoms with Gasteiger partial charge in [0.2, 0.25) is 0 Å². The first-order valence-electron chi connectivity index (χ1n) is 5.23. The topological polar surface area (TPSA) is 20.2 Å². The van der Waals surface area contributed by atoms with Crippen LogP contribution in [0.25, 0.3) is 10.1 Å². The van der Waals surface area contributed by atoms with Gasteiger partial charge in [-0.15, -0.1) is 11.3 Å². The summed E-state index contributed by atoms with van der Waals surface area (Å²) in [6.07, 6.45) is 0.813. The van der Waals surface area contributed by atoms with Gasteiger partial charge in [-0.3, -0.25) is 0 Å². The zero-order valence-electron chi connectivity index (χ0n) is 9.16. The Kier molecular flexibility index (Phi) is 2.81. The van der Waals surface area contributed by atoms with E-state index in [1.54, 1.807) is 11.3 Å². The van der Waals surface area contributed by atoms with Crippen molar-refractivity contribution < 1.29 is 5.11 Å². The van der Waals surface area contributed by atoms with Crippen molar-refractivity contribution in [2.24, 2.45) is 0 Å². The van der Waals surface area contributed by atoms with Gasteiger partial charge in [0.25, 0.3) is 0 Å². The summed E-state index contributed by atoms with van der Waals surface area (Å²) >= 11 is 1.79. The first-order chi connectivity index (χ1) is 7.15. The molecule has 0 unspecified atom stereocenters. The first-order valence-corrected chi connectivity index (χ1v) is 6.11. The molecule has 80 valence electrons. The lowest BCUT2D eigenvalue weighted by Gasteiger charge is -2.23.